The normalized spacial score (nSPS) is 15.7. The second-order valence-corrected chi connectivity index (χ2v) is 1.27. The summed E-state index contributed by atoms with van der Waals surface area (Å²) in [6.45, 7) is 0. The molecular formula is C4H5NO4. The second-order valence-electron chi connectivity index (χ2n) is 1.27. The van der Waals surface area contributed by atoms with Gasteiger partial charge in [-0.05, 0) is 0 Å². The molecule has 0 heterocycles. The SMILES string of the molecule is COC(O)(C#N)C(=O)O. The molecule has 0 saturated carbocycles. The lowest BCUT2D eigenvalue weighted by atomic mass is 10.3. The highest BCUT2D eigenvalue weighted by Gasteiger charge is 2.36. The number of rotatable bonds is 2. The predicted octanol–water partition coefficient (Wildman–Crippen LogP) is -1.07. The quantitative estimate of drug-likeness (QED) is 0.368. The molecule has 0 aromatic rings. The van der Waals surface area contributed by atoms with Crippen LogP contribution < -0.4 is 0 Å². The van der Waals surface area contributed by atoms with E-state index in [4.69, 9.17) is 15.5 Å². The fourth-order valence-corrected chi connectivity index (χ4v) is 0.181. The van der Waals surface area contributed by atoms with Crippen LogP contribution >= 0.6 is 0 Å². The summed E-state index contributed by atoms with van der Waals surface area (Å²) in [5.74, 6) is -4.41. The molecule has 0 aromatic heterocycles. The molecule has 0 aliphatic rings. The molecule has 0 fully saturated rings. The number of nitrogens with zero attached hydrogens (tertiary/aromatic N) is 1. The first-order valence-corrected chi connectivity index (χ1v) is 1.99. The first kappa shape index (κ1) is 7.88. The first-order chi connectivity index (χ1) is 4.06. The van der Waals surface area contributed by atoms with Gasteiger partial charge in [0, 0.05) is 7.11 Å². The largest absolute Gasteiger partial charge is 0.476 e. The Morgan fingerprint density at radius 3 is 2.33 bits per heavy atom. The van der Waals surface area contributed by atoms with Crippen molar-refractivity contribution in [3.05, 3.63) is 0 Å². The first-order valence-electron chi connectivity index (χ1n) is 1.99. The Morgan fingerprint density at radius 2 is 2.33 bits per heavy atom. The number of aliphatic carboxylic acids is 1. The number of carbonyl (C=O) groups is 1. The van der Waals surface area contributed by atoms with Crippen LogP contribution in [0.2, 0.25) is 0 Å². The van der Waals surface area contributed by atoms with Gasteiger partial charge in [0.15, 0.2) is 0 Å². The molecule has 0 spiro atoms. The van der Waals surface area contributed by atoms with Crippen molar-refractivity contribution < 1.29 is 19.7 Å². The summed E-state index contributed by atoms with van der Waals surface area (Å²) in [6, 6.07) is 1.06. The number of carboxylic acids is 1. The van der Waals surface area contributed by atoms with Gasteiger partial charge in [-0.15, -0.1) is 0 Å². The predicted molar refractivity (Wildman–Crippen MR) is 25.2 cm³/mol. The van der Waals surface area contributed by atoms with Crippen LogP contribution in [0.4, 0.5) is 0 Å². The molecule has 2 N–H and O–H groups in total. The molecule has 0 aliphatic heterocycles. The van der Waals surface area contributed by atoms with E-state index in [1.807, 2.05) is 0 Å². The summed E-state index contributed by atoms with van der Waals surface area (Å²) >= 11 is 0. The molecule has 5 heteroatoms. The van der Waals surface area contributed by atoms with E-state index in [0.717, 1.165) is 13.2 Å². The molecule has 1 unspecified atom stereocenters. The van der Waals surface area contributed by atoms with E-state index in [9.17, 15) is 4.79 Å². The van der Waals surface area contributed by atoms with Crippen LogP contribution in [0, 0.1) is 11.3 Å². The maximum absolute atomic E-state index is 9.89. The fourth-order valence-electron chi connectivity index (χ4n) is 0.181. The highest BCUT2D eigenvalue weighted by molar-refractivity contribution is 5.78. The van der Waals surface area contributed by atoms with Crippen LogP contribution in [-0.4, -0.2) is 29.1 Å². The minimum Gasteiger partial charge on any atom is -0.476 e. The lowest BCUT2D eigenvalue weighted by Gasteiger charge is -2.10. The molecule has 0 aromatic carbocycles. The van der Waals surface area contributed by atoms with Crippen LogP contribution in [0.25, 0.3) is 0 Å². The summed E-state index contributed by atoms with van der Waals surface area (Å²) in [5.41, 5.74) is 0. The van der Waals surface area contributed by atoms with Gasteiger partial charge in [0.2, 0.25) is 0 Å². The summed E-state index contributed by atoms with van der Waals surface area (Å²) in [6.07, 6.45) is 0. The van der Waals surface area contributed by atoms with Crippen LogP contribution in [0.5, 0.6) is 0 Å². The number of aliphatic hydroxyl groups is 1. The minimum atomic E-state index is -2.69. The van der Waals surface area contributed by atoms with Crippen molar-refractivity contribution in [1.82, 2.24) is 0 Å². The Hall–Kier alpha value is -1.12. The Balaban J connectivity index is 4.33. The van der Waals surface area contributed by atoms with Crippen molar-refractivity contribution in [2.75, 3.05) is 7.11 Å². The van der Waals surface area contributed by atoms with Gasteiger partial charge in [0.1, 0.15) is 6.07 Å². The number of nitriles is 1. The lowest BCUT2D eigenvalue weighted by molar-refractivity contribution is -0.192. The van der Waals surface area contributed by atoms with E-state index in [1.165, 1.54) is 0 Å². The smallest absolute Gasteiger partial charge is 0.380 e. The van der Waals surface area contributed by atoms with Crippen molar-refractivity contribution in [1.29, 1.82) is 5.26 Å². The topological polar surface area (TPSA) is 90.5 Å². The van der Waals surface area contributed by atoms with E-state index in [-0.39, 0.29) is 0 Å². The molecule has 5 nitrogen and oxygen atoms in total. The van der Waals surface area contributed by atoms with E-state index < -0.39 is 11.8 Å². The maximum Gasteiger partial charge on any atom is 0.380 e. The average Bonchev–Trinajstić information content (AvgIpc) is 1.86. The fraction of sp³-hybridized carbons (Fsp3) is 0.500. The monoisotopic (exact) mass is 131 g/mol. The molecule has 0 aliphatic carbocycles. The van der Waals surface area contributed by atoms with Gasteiger partial charge in [0.25, 0.3) is 0 Å². The Labute approximate surface area is 51.1 Å². The van der Waals surface area contributed by atoms with Crippen molar-refractivity contribution >= 4 is 5.97 Å². The average molecular weight is 131 g/mol. The summed E-state index contributed by atoms with van der Waals surface area (Å²) in [7, 11) is 0.928. The van der Waals surface area contributed by atoms with E-state index in [2.05, 4.69) is 4.74 Å². The molecule has 0 saturated heterocycles. The molecule has 0 radical (unpaired) electrons. The van der Waals surface area contributed by atoms with Gasteiger partial charge >= 0.3 is 11.8 Å². The summed E-state index contributed by atoms with van der Waals surface area (Å²) < 4.78 is 3.94. The lowest BCUT2D eigenvalue weighted by Crippen LogP contribution is -2.38. The van der Waals surface area contributed by atoms with Gasteiger partial charge in [-0.2, -0.15) is 5.26 Å². The van der Waals surface area contributed by atoms with Gasteiger partial charge in [-0.3, -0.25) is 0 Å². The molecular weight excluding hydrogens is 126 g/mol. The van der Waals surface area contributed by atoms with E-state index in [0.29, 0.717) is 0 Å². The third-order valence-electron chi connectivity index (χ3n) is 0.737. The minimum absolute atomic E-state index is 0.928. The zero-order chi connectivity index (χ0) is 7.49. The van der Waals surface area contributed by atoms with Crippen LogP contribution in [0.1, 0.15) is 0 Å². The Kier molecular flexibility index (Phi) is 2.13. The molecule has 0 amide bonds. The van der Waals surface area contributed by atoms with Gasteiger partial charge in [-0.1, -0.05) is 0 Å². The summed E-state index contributed by atoms with van der Waals surface area (Å²) in [4.78, 5) is 9.89. The van der Waals surface area contributed by atoms with Crippen LogP contribution in [0.3, 0.4) is 0 Å². The van der Waals surface area contributed by atoms with Crippen LogP contribution in [0.15, 0.2) is 0 Å². The number of methoxy groups -OCH3 is 1. The standard InChI is InChI=1S/C4H5NO4/c1-9-4(8,2-5)3(6)7/h8H,1H3,(H,6,7). The van der Waals surface area contributed by atoms with Crippen LogP contribution in [-0.2, 0) is 9.53 Å². The molecule has 9 heavy (non-hydrogen) atoms. The molecule has 0 bridgehead atoms. The number of hydrogen-bond donors (Lipinski definition) is 2. The molecule has 1 atom stereocenters. The maximum atomic E-state index is 9.89. The second kappa shape index (κ2) is 2.44. The number of hydrogen-bond acceptors (Lipinski definition) is 4. The number of ether oxygens (including phenoxy) is 1. The highest BCUT2D eigenvalue weighted by atomic mass is 16.6. The van der Waals surface area contributed by atoms with Crippen molar-refractivity contribution in [3.63, 3.8) is 0 Å². The van der Waals surface area contributed by atoms with Crippen molar-refractivity contribution in [2.45, 2.75) is 5.79 Å². The Bertz CT molecular complexity index is 160. The van der Waals surface area contributed by atoms with Gasteiger partial charge in [-0.25, -0.2) is 4.79 Å². The number of carboxylic acid groups (broad SMARTS) is 1. The third-order valence-corrected chi connectivity index (χ3v) is 0.737. The van der Waals surface area contributed by atoms with Crippen molar-refractivity contribution in [2.24, 2.45) is 0 Å². The van der Waals surface area contributed by atoms with Gasteiger partial charge < -0.3 is 14.9 Å². The van der Waals surface area contributed by atoms with E-state index in [1.54, 1.807) is 0 Å². The molecule has 50 valence electrons. The van der Waals surface area contributed by atoms with E-state index >= 15 is 0 Å². The highest BCUT2D eigenvalue weighted by Crippen LogP contribution is 2.01. The van der Waals surface area contributed by atoms with Gasteiger partial charge in [0.05, 0.1) is 0 Å². The van der Waals surface area contributed by atoms with Crippen molar-refractivity contribution in [3.8, 4) is 6.07 Å². The Morgan fingerprint density at radius 1 is 1.89 bits per heavy atom. The zero-order valence-electron chi connectivity index (χ0n) is 4.66. The third kappa shape index (κ3) is 1.38. The zero-order valence-corrected chi connectivity index (χ0v) is 4.66. The molecule has 0 rings (SSSR count). The summed E-state index contributed by atoms with van der Waals surface area (Å²) in [5, 5.41) is 24.5.